The number of tetrazole rings is 1. The Hall–Kier alpha value is -3.56. The molecule has 8 nitrogen and oxygen atoms in total. The molecule has 2 aromatic carbocycles. The second-order valence-electron chi connectivity index (χ2n) is 8.05. The number of pyridine rings is 1. The zero-order valence-electron chi connectivity index (χ0n) is 18.8. The third-order valence-corrected chi connectivity index (χ3v) is 6.72. The molecule has 35 heavy (non-hydrogen) atoms. The average Bonchev–Trinajstić information content (AvgIpc) is 3.50. The molecule has 176 valence electrons. The van der Waals surface area contributed by atoms with Gasteiger partial charge >= 0.3 is 5.69 Å². The number of aryl methyl sites for hydroxylation is 1. The number of aromatic amines is 1. The Morgan fingerprint density at radius 3 is 2.63 bits per heavy atom. The lowest BCUT2D eigenvalue weighted by Gasteiger charge is -2.10. The average molecular weight is 551 g/mol. The molecule has 0 amide bonds. The van der Waals surface area contributed by atoms with Gasteiger partial charge < -0.3 is 0 Å². The molecule has 0 unspecified atom stereocenters. The van der Waals surface area contributed by atoms with Crippen molar-refractivity contribution in [1.82, 2.24) is 34.7 Å². The molecule has 0 aliphatic heterocycles. The Morgan fingerprint density at radius 2 is 1.91 bits per heavy atom. The van der Waals surface area contributed by atoms with Crippen LogP contribution in [-0.4, -0.2) is 34.7 Å². The summed E-state index contributed by atoms with van der Waals surface area (Å²) in [7, 11) is 0. The van der Waals surface area contributed by atoms with Gasteiger partial charge in [-0.15, -0.1) is 5.10 Å². The molecule has 0 spiro atoms. The number of nitrogens with one attached hydrogen (secondary N) is 1. The van der Waals surface area contributed by atoms with E-state index in [0.29, 0.717) is 23.1 Å². The molecule has 1 N–H and O–H groups in total. The molecule has 0 fully saturated rings. The molecular formula is C25H21BrClN7O. The predicted molar refractivity (Wildman–Crippen MR) is 139 cm³/mol. The van der Waals surface area contributed by atoms with Crippen LogP contribution in [0.2, 0.25) is 5.02 Å². The van der Waals surface area contributed by atoms with E-state index in [1.807, 2.05) is 53.2 Å². The van der Waals surface area contributed by atoms with Gasteiger partial charge in [-0.25, -0.2) is 9.89 Å². The second kappa shape index (κ2) is 9.97. The summed E-state index contributed by atoms with van der Waals surface area (Å²) in [6.07, 6.45) is 7.09. The summed E-state index contributed by atoms with van der Waals surface area (Å²) < 4.78 is 4.20. The maximum absolute atomic E-state index is 13.5. The van der Waals surface area contributed by atoms with Crippen molar-refractivity contribution in [2.75, 3.05) is 0 Å². The molecule has 0 saturated carbocycles. The van der Waals surface area contributed by atoms with Gasteiger partial charge in [0.05, 0.1) is 17.3 Å². The number of nitrogens with zero attached hydrogens (tertiary/aromatic N) is 6. The van der Waals surface area contributed by atoms with E-state index in [1.54, 1.807) is 23.0 Å². The number of rotatable bonds is 7. The molecule has 0 bridgehead atoms. The normalized spacial score (nSPS) is 11.2. The molecule has 0 aliphatic carbocycles. The Morgan fingerprint density at radius 1 is 1.09 bits per heavy atom. The highest BCUT2D eigenvalue weighted by Gasteiger charge is 2.17. The van der Waals surface area contributed by atoms with E-state index in [9.17, 15) is 4.79 Å². The van der Waals surface area contributed by atoms with Crippen molar-refractivity contribution in [2.24, 2.45) is 0 Å². The van der Waals surface area contributed by atoms with Gasteiger partial charge in [0.2, 0.25) is 0 Å². The van der Waals surface area contributed by atoms with Gasteiger partial charge in [0.1, 0.15) is 0 Å². The van der Waals surface area contributed by atoms with Crippen molar-refractivity contribution in [3.05, 3.63) is 98.4 Å². The van der Waals surface area contributed by atoms with Crippen LogP contribution < -0.4 is 5.69 Å². The molecule has 0 saturated heterocycles. The molecule has 5 aromatic rings. The van der Waals surface area contributed by atoms with Gasteiger partial charge in [-0.05, 0) is 62.1 Å². The summed E-state index contributed by atoms with van der Waals surface area (Å²) in [5, 5.41) is 14.7. The monoisotopic (exact) mass is 549 g/mol. The minimum atomic E-state index is -0.126. The fourth-order valence-electron chi connectivity index (χ4n) is 4.11. The molecule has 0 radical (unpaired) electrons. The van der Waals surface area contributed by atoms with Crippen LogP contribution in [0.4, 0.5) is 0 Å². The van der Waals surface area contributed by atoms with Crippen molar-refractivity contribution in [3.63, 3.8) is 0 Å². The number of halogens is 2. The van der Waals surface area contributed by atoms with Crippen LogP contribution in [0.5, 0.6) is 0 Å². The van der Waals surface area contributed by atoms with Crippen LogP contribution in [0.25, 0.3) is 28.2 Å². The number of imidazole rings is 1. The van der Waals surface area contributed by atoms with Gasteiger partial charge in [0.15, 0.2) is 5.82 Å². The van der Waals surface area contributed by atoms with E-state index >= 15 is 0 Å². The molecule has 5 rings (SSSR count). The summed E-state index contributed by atoms with van der Waals surface area (Å²) in [5.41, 5.74) is 5.25. The molecule has 3 heterocycles. The molecule has 0 atom stereocenters. The van der Waals surface area contributed by atoms with Crippen molar-refractivity contribution in [2.45, 2.75) is 26.3 Å². The topological polar surface area (TPSA) is 94.3 Å². The van der Waals surface area contributed by atoms with E-state index in [-0.39, 0.29) is 5.69 Å². The Labute approximate surface area is 214 Å². The minimum Gasteiger partial charge on any atom is -0.292 e. The molecular weight excluding hydrogens is 530 g/mol. The SMILES string of the molecule is CCCc1cn(-c2c(Cl)cccc2Br)c(=O)n1Cc1ccc(-c2cnccc2-c2nnn[nH]2)cc1. The fourth-order valence-corrected chi connectivity index (χ4v) is 5.04. The zero-order valence-corrected chi connectivity index (χ0v) is 21.2. The number of aromatic nitrogens is 7. The van der Waals surface area contributed by atoms with Crippen LogP contribution >= 0.6 is 27.5 Å². The highest BCUT2D eigenvalue weighted by molar-refractivity contribution is 9.10. The Bertz CT molecular complexity index is 1500. The number of para-hydroxylation sites is 1. The predicted octanol–water partition coefficient (Wildman–Crippen LogP) is 5.30. The Kier molecular flexibility index (Phi) is 6.61. The maximum Gasteiger partial charge on any atom is 0.333 e. The first-order valence-electron chi connectivity index (χ1n) is 11.1. The summed E-state index contributed by atoms with van der Waals surface area (Å²) >= 11 is 9.98. The first-order chi connectivity index (χ1) is 17.1. The van der Waals surface area contributed by atoms with E-state index in [2.05, 4.69) is 48.5 Å². The van der Waals surface area contributed by atoms with Gasteiger partial charge in [0.25, 0.3) is 0 Å². The number of benzene rings is 2. The smallest absolute Gasteiger partial charge is 0.292 e. The van der Waals surface area contributed by atoms with Crippen molar-refractivity contribution < 1.29 is 0 Å². The highest BCUT2D eigenvalue weighted by atomic mass is 79.9. The van der Waals surface area contributed by atoms with Crippen LogP contribution in [0.15, 0.2) is 76.4 Å². The lowest BCUT2D eigenvalue weighted by Crippen LogP contribution is -2.25. The third-order valence-electron chi connectivity index (χ3n) is 5.77. The number of hydrogen-bond donors (Lipinski definition) is 1. The summed E-state index contributed by atoms with van der Waals surface area (Å²) in [4.78, 5) is 17.7. The quantitative estimate of drug-likeness (QED) is 0.297. The molecule has 0 aliphatic rings. The van der Waals surface area contributed by atoms with Gasteiger partial charge in [-0.2, -0.15) is 0 Å². The first kappa shape index (κ1) is 23.2. The lowest BCUT2D eigenvalue weighted by molar-refractivity contribution is 0.691. The summed E-state index contributed by atoms with van der Waals surface area (Å²) in [6.45, 7) is 2.55. The van der Waals surface area contributed by atoms with E-state index in [4.69, 9.17) is 11.6 Å². The largest absolute Gasteiger partial charge is 0.333 e. The van der Waals surface area contributed by atoms with E-state index in [0.717, 1.165) is 45.3 Å². The van der Waals surface area contributed by atoms with Crippen LogP contribution in [-0.2, 0) is 13.0 Å². The maximum atomic E-state index is 13.5. The van der Waals surface area contributed by atoms with Crippen LogP contribution in [0.1, 0.15) is 24.6 Å². The zero-order chi connectivity index (χ0) is 24.4. The molecule has 3 aromatic heterocycles. The van der Waals surface area contributed by atoms with Crippen molar-refractivity contribution >= 4 is 27.5 Å². The third kappa shape index (κ3) is 4.56. The fraction of sp³-hybridized carbons (Fsp3) is 0.160. The summed E-state index contributed by atoms with van der Waals surface area (Å²) in [6, 6.07) is 15.5. The van der Waals surface area contributed by atoms with Crippen LogP contribution in [0, 0.1) is 0 Å². The van der Waals surface area contributed by atoms with Gasteiger partial charge in [-0.1, -0.05) is 55.3 Å². The number of H-pyrrole nitrogens is 1. The second-order valence-corrected chi connectivity index (χ2v) is 9.31. The van der Waals surface area contributed by atoms with Crippen LogP contribution in [0.3, 0.4) is 0 Å². The van der Waals surface area contributed by atoms with Crippen molar-refractivity contribution in [1.29, 1.82) is 0 Å². The lowest BCUT2D eigenvalue weighted by atomic mass is 10.0. The van der Waals surface area contributed by atoms with Crippen molar-refractivity contribution in [3.8, 4) is 28.2 Å². The Balaban J connectivity index is 1.49. The molecule has 10 heteroatoms. The van der Waals surface area contributed by atoms with E-state index < -0.39 is 0 Å². The minimum absolute atomic E-state index is 0.126. The van der Waals surface area contributed by atoms with Gasteiger partial charge in [-0.3, -0.25) is 14.1 Å². The van der Waals surface area contributed by atoms with Gasteiger partial charge in [0, 0.05) is 39.9 Å². The standard InChI is InChI=1S/C25H21BrClN7O/c1-2-4-18-15-34(23-21(26)5-3-6-22(23)27)25(35)33(18)14-16-7-9-17(10-8-16)20-13-28-12-11-19(20)24-29-31-32-30-24/h3,5-13,15H,2,4,14H2,1H3,(H,29,30,31,32). The van der Waals surface area contributed by atoms with E-state index in [1.165, 1.54) is 0 Å². The first-order valence-corrected chi connectivity index (χ1v) is 12.3. The summed E-state index contributed by atoms with van der Waals surface area (Å²) in [5.74, 6) is 0.578. The highest BCUT2D eigenvalue weighted by Crippen LogP contribution is 2.30. The number of hydrogen-bond acceptors (Lipinski definition) is 5.